The quantitative estimate of drug-likeness (QED) is 0.507. The van der Waals surface area contributed by atoms with E-state index in [9.17, 15) is 9.59 Å². The molecule has 1 rings (SSSR count). The van der Waals surface area contributed by atoms with Crippen LogP contribution in [-0.4, -0.2) is 21.7 Å². The van der Waals surface area contributed by atoms with Gasteiger partial charge >= 0.3 is 11.5 Å². The standard InChI is InChI=1S/C5H4ClN3O3/c6-4(10)9-5(11)12-3-1-7-8-2-3/h1-2H,(H,7,8)(H,9,10,11). The fraction of sp³-hybridized carbons (Fsp3) is 0. The Morgan fingerprint density at radius 2 is 2.42 bits per heavy atom. The van der Waals surface area contributed by atoms with Crippen LogP contribution in [0.15, 0.2) is 12.4 Å². The monoisotopic (exact) mass is 189 g/mol. The molecule has 1 aromatic heterocycles. The smallest absolute Gasteiger partial charge is 0.407 e. The number of amides is 2. The molecule has 7 heteroatoms. The van der Waals surface area contributed by atoms with Crippen molar-refractivity contribution < 1.29 is 14.3 Å². The molecular formula is C5H4ClN3O3. The molecule has 0 saturated heterocycles. The van der Waals surface area contributed by atoms with Crippen molar-refractivity contribution in [3.63, 3.8) is 0 Å². The number of imide groups is 1. The zero-order valence-corrected chi connectivity index (χ0v) is 6.46. The van der Waals surface area contributed by atoms with Gasteiger partial charge in [0.15, 0.2) is 5.75 Å². The maximum Gasteiger partial charge on any atom is 0.420 e. The van der Waals surface area contributed by atoms with Gasteiger partial charge in [-0.25, -0.2) is 10.1 Å². The molecule has 0 spiro atoms. The van der Waals surface area contributed by atoms with Gasteiger partial charge in [0.2, 0.25) is 0 Å². The van der Waals surface area contributed by atoms with Crippen LogP contribution >= 0.6 is 11.6 Å². The van der Waals surface area contributed by atoms with Gasteiger partial charge in [0.1, 0.15) is 0 Å². The first-order valence-electron chi connectivity index (χ1n) is 2.85. The van der Waals surface area contributed by atoms with Crippen LogP contribution in [-0.2, 0) is 0 Å². The predicted octanol–water partition coefficient (Wildman–Crippen LogP) is 0.857. The van der Waals surface area contributed by atoms with Gasteiger partial charge in [-0.1, -0.05) is 0 Å². The van der Waals surface area contributed by atoms with Crippen molar-refractivity contribution in [2.24, 2.45) is 0 Å². The van der Waals surface area contributed by atoms with Crippen molar-refractivity contribution >= 4 is 23.1 Å². The SMILES string of the molecule is O=C(Cl)NC(=O)Oc1cn[nH]c1. The summed E-state index contributed by atoms with van der Waals surface area (Å²) in [5.41, 5.74) is 0. The maximum atomic E-state index is 10.6. The number of H-pyrrole nitrogens is 1. The van der Waals surface area contributed by atoms with Gasteiger partial charge in [-0.05, 0) is 11.6 Å². The minimum absolute atomic E-state index is 0.199. The molecule has 2 amide bonds. The van der Waals surface area contributed by atoms with Crippen molar-refractivity contribution in [3.8, 4) is 5.75 Å². The number of carbonyl (C=O) groups is 2. The lowest BCUT2D eigenvalue weighted by molar-refractivity contribution is 0.201. The summed E-state index contributed by atoms with van der Waals surface area (Å²) in [4.78, 5) is 20.8. The molecule has 0 aliphatic carbocycles. The van der Waals surface area contributed by atoms with Crippen molar-refractivity contribution in [2.75, 3.05) is 0 Å². The van der Waals surface area contributed by atoms with Crippen LogP contribution < -0.4 is 10.1 Å². The summed E-state index contributed by atoms with van der Waals surface area (Å²) in [6.07, 6.45) is 1.67. The zero-order chi connectivity index (χ0) is 8.97. The summed E-state index contributed by atoms with van der Waals surface area (Å²) in [5, 5.41) is 6.63. The van der Waals surface area contributed by atoms with Crippen LogP contribution in [0.5, 0.6) is 5.75 Å². The topological polar surface area (TPSA) is 84.1 Å². The molecule has 1 aromatic rings. The lowest BCUT2D eigenvalue weighted by Gasteiger charge is -1.97. The van der Waals surface area contributed by atoms with Crippen LogP contribution in [0.1, 0.15) is 0 Å². The number of hydrogen-bond acceptors (Lipinski definition) is 4. The minimum Gasteiger partial charge on any atom is -0.407 e. The fourth-order valence-electron chi connectivity index (χ4n) is 0.508. The summed E-state index contributed by atoms with van der Waals surface area (Å²) in [6, 6.07) is 0. The number of nitrogens with one attached hydrogen (secondary N) is 2. The highest BCUT2D eigenvalue weighted by Crippen LogP contribution is 2.04. The van der Waals surface area contributed by atoms with E-state index < -0.39 is 11.5 Å². The first kappa shape index (κ1) is 8.54. The van der Waals surface area contributed by atoms with Crippen LogP contribution in [0.3, 0.4) is 0 Å². The van der Waals surface area contributed by atoms with Crippen LogP contribution in [0, 0.1) is 0 Å². The molecular weight excluding hydrogens is 186 g/mol. The van der Waals surface area contributed by atoms with E-state index in [0.29, 0.717) is 0 Å². The molecule has 0 fully saturated rings. The Labute approximate surface area is 71.8 Å². The van der Waals surface area contributed by atoms with E-state index >= 15 is 0 Å². The first-order chi connectivity index (χ1) is 5.68. The molecule has 1 heterocycles. The van der Waals surface area contributed by atoms with Crippen molar-refractivity contribution in [1.82, 2.24) is 15.5 Å². The second-order valence-corrected chi connectivity index (χ2v) is 2.07. The molecule has 0 aromatic carbocycles. The normalized spacial score (nSPS) is 9.08. The van der Waals surface area contributed by atoms with Gasteiger partial charge in [-0.2, -0.15) is 5.10 Å². The van der Waals surface area contributed by atoms with Gasteiger partial charge in [0.25, 0.3) is 0 Å². The molecule has 0 radical (unpaired) electrons. The molecule has 6 nitrogen and oxygen atoms in total. The molecule has 0 aliphatic heterocycles. The summed E-state index contributed by atoms with van der Waals surface area (Å²) < 4.78 is 4.52. The largest absolute Gasteiger partial charge is 0.420 e. The number of carbonyl (C=O) groups excluding carboxylic acids is 2. The van der Waals surface area contributed by atoms with E-state index in [-0.39, 0.29) is 5.75 Å². The highest BCUT2D eigenvalue weighted by molar-refractivity contribution is 6.64. The average molecular weight is 190 g/mol. The third kappa shape index (κ3) is 2.59. The van der Waals surface area contributed by atoms with Crippen molar-refractivity contribution in [3.05, 3.63) is 12.4 Å². The van der Waals surface area contributed by atoms with E-state index in [4.69, 9.17) is 11.6 Å². The maximum absolute atomic E-state index is 10.6. The van der Waals surface area contributed by atoms with Crippen LogP contribution in [0.25, 0.3) is 0 Å². The Morgan fingerprint density at radius 3 is 2.92 bits per heavy atom. The second kappa shape index (κ2) is 3.72. The number of halogens is 1. The Balaban J connectivity index is 2.42. The Morgan fingerprint density at radius 1 is 1.67 bits per heavy atom. The minimum atomic E-state index is -0.997. The molecule has 0 saturated carbocycles. The van der Waals surface area contributed by atoms with Crippen LogP contribution in [0.4, 0.5) is 9.59 Å². The summed E-state index contributed by atoms with van der Waals surface area (Å²) in [5.74, 6) is 0.199. The van der Waals surface area contributed by atoms with Gasteiger partial charge < -0.3 is 4.74 Å². The fourth-order valence-corrected chi connectivity index (χ4v) is 0.585. The molecule has 0 unspecified atom stereocenters. The average Bonchev–Trinajstić information content (AvgIpc) is 2.37. The molecule has 12 heavy (non-hydrogen) atoms. The Kier molecular flexibility index (Phi) is 2.65. The Bertz CT molecular complexity index is 284. The van der Waals surface area contributed by atoms with E-state index in [2.05, 4.69) is 14.9 Å². The van der Waals surface area contributed by atoms with Crippen molar-refractivity contribution in [1.29, 1.82) is 0 Å². The number of aromatic amines is 1. The molecule has 64 valence electrons. The molecule has 0 bridgehead atoms. The third-order valence-electron chi connectivity index (χ3n) is 0.884. The summed E-state index contributed by atoms with van der Waals surface area (Å²) in [7, 11) is 0. The molecule has 2 N–H and O–H groups in total. The van der Waals surface area contributed by atoms with E-state index in [1.54, 1.807) is 5.32 Å². The number of aromatic nitrogens is 2. The van der Waals surface area contributed by atoms with Crippen molar-refractivity contribution in [2.45, 2.75) is 0 Å². The van der Waals surface area contributed by atoms with E-state index in [0.717, 1.165) is 0 Å². The summed E-state index contributed by atoms with van der Waals surface area (Å²) in [6.45, 7) is 0. The lowest BCUT2D eigenvalue weighted by atomic mass is 10.7. The first-order valence-corrected chi connectivity index (χ1v) is 3.23. The van der Waals surface area contributed by atoms with Gasteiger partial charge in [-0.3, -0.25) is 9.89 Å². The highest BCUT2D eigenvalue weighted by atomic mass is 35.5. The summed E-state index contributed by atoms with van der Waals surface area (Å²) >= 11 is 4.84. The Hall–Kier alpha value is -1.56. The highest BCUT2D eigenvalue weighted by Gasteiger charge is 2.07. The molecule has 0 atom stereocenters. The van der Waals surface area contributed by atoms with Gasteiger partial charge in [-0.15, -0.1) is 0 Å². The van der Waals surface area contributed by atoms with E-state index in [1.165, 1.54) is 12.4 Å². The molecule has 0 aliphatic rings. The second-order valence-electron chi connectivity index (χ2n) is 1.72. The predicted molar refractivity (Wildman–Crippen MR) is 39.0 cm³/mol. The third-order valence-corrected chi connectivity index (χ3v) is 0.979. The number of hydrogen-bond donors (Lipinski definition) is 2. The number of nitrogens with zero attached hydrogens (tertiary/aromatic N) is 1. The van der Waals surface area contributed by atoms with E-state index in [1.807, 2.05) is 0 Å². The van der Waals surface area contributed by atoms with Gasteiger partial charge in [0, 0.05) is 0 Å². The zero-order valence-electron chi connectivity index (χ0n) is 5.70. The van der Waals surface area contributed by atoms with Crippen LogP contribution in [0.2, 0.25) is 0 Å². The lowest BCUT2D eigenvalue weighted by Crippen LogP contribution is -2.28. The number of ether oxygens (including phenoxy) is 1. The van der Waals surface area contributed by atoms with Gasteiger partial charge in [0.05, 0.1) is 12.4 Å². The number of rotatable bonds is 1.